The summed E-state index contributed by atoms with van der Waals surface area (Å²) in [5, 5.41) is 2.90. The van der Waals surface area contributed by atoms with E-state index in [2.05, 4.69) is 10.3 Å². The highest BCUT2D eigenvalue weighted by Gasteiger charge is 2.14. The standard InChI is InChI=1S/C21H21N3O/c1-15(2)21(25)24-20-18(13-16-9-5-3-6-10-16)23-19(14-22-20)17-11-7-4-8-12-17/h3-12,14-15H,13H2,1-2H3,(H,22,24,25). The van der Waals surface area contributed by atoms with Crippen LogP contribution in [0.1, 0.15) is 25.1 Å². The van der Waals surface area contributed by atoms with Crippen LogP contribution in [0, 0.1) is 5.92 Å². The fraction of sp³-hybridized carbons (Fsp3) is 0.190. The SMILES string of the molecule is CC(C)C(=O)Nc1ncc(-c2ccccc2)nc1Cc1ccccc1. The Hall–Kier alpha value is -3.01. The number of hydrogen-bond acceptors (Lipinski definition) is 3. The van der Waals surface area contributed by atoms with Crippen molar-refractivity contribution in [1.82, 2.24) is 9.97 Å². The maximum absolute atomic E-state index is 12.1. The summed E-state index contributed by atoms with van der Waals surface area (Å²) in [6.45, 7) is 3.72. The van der Waals surface area contributed by atoms with Gasteiger partial charge in [-0.15, -0.1) is 0 Å². The van der Waals surface area contributed by atoms with Gasteiger partial charge in [0.05, 0.1) is 17.6 Å². The number of hydrogen-bond donors (Lipinski definition) is 1. The van der Waals surface area contributed by atoms with Crippen LogP contribution in [0.15, 0.2) is 66.9 Å². The Balaban J connectivity index is 1.98. The molecule has 0 aliphatic rings. The molecule has 1 amide bonds. The molecule has 1 N–H and O–H groups in total. The summed E-state index contributed by atoms with van der Waals surface area (Å²) < 4.78 is 0. The Morgan fingerprint density at radius 1 is 1.00 bits per heavy atom. The van der Waals surface area contributed by atoms with Crippen molar-refractivity contribution < 1.29 is 4.79 Å². The number of carbonyl (C=O) groups is 1. The van der Waals surface area contributed by atoms with Crippen molar-refractivity contribution >= 4 is 11.7 Å². The second-order valence-corrected chi connectivity index (χ2v) is 6.22. The van der Waals surface area contributed by atoms with E-state index in [0.717, 1.165) is 22.5 Å². The zero-order valence-electron chi connectivity index (χ0n) is 14.4. The number of nitrogens with zero attached hydrogens (tertiary/aromatic N) is 2. The molecule has 0 saturated carbocycles. The summed E-state index contributed by atoms with van der Waals surface area (Å²) >= 11 is 0. The number of benzene rings is 2. The van der Waals surface area contributed by atoms with E-state index < -0.39 is 0 Å². The minimum absolute atomic E-state index is 0.0592. The van der Waals surface area contributed by atoms with Crippen molar-refractivity contribution in [3.63, 3.8) is 0 Å². The highest BCUT2D eigenvalue weighted by atomic mass is 16.1. The van der Waals surface area contributed by atoms with Crippen LogP contribution in [0.3, 0.4) is 0 Å². The monoisotopic (exact) mass is 331 g/mol. The fourth-order valence-corrected chi connectivity index (χ4v) is 2.45. The van der Waals surface area contributed by atoms with E-state index >= 15 is 0 Å². The lowest BCUT2D eigenvalue weighted by atomic mass is 10.1. The molecule has 0 fully saturated rings. The third-order valence-corrected chi connectivity index (χ3v) is 3.89. The highest BCUT2D eigenvalue weighted by Crippen LogP contribution is 2.22. The van der Waals surface area contributed by atoms with Crippen LogP contribution in [0.5, 0.6) is 0 Å². The van der Waals surface area contributed by atoms with Crippen LogP contribution in [-0.4, -0.2) is 15.9 Å². The smallest absolute Gasteiger partial charge is 0.228 e. The normalized spacial score (nSPS) is 10.7. The van der Waals surface area contributed by atoms with E-state index in [-0.39, 0.29) is 11.8 Å². The molecule has 4 nitrogen and oxygen atoms in total. The van der Waals surface area contributed by atoms with Crippen molar-refractivity contribution in [2.24, 2.45) is 5.92 Å². The van der Waals surface area contributed by atoms with E-state index in [1.807, 2.05) is 74.5 Å². The van der Waals surface area contributed by atoms with E-state index in [9.17, 15) is 4.79 Å². The predicted octanol–water partition coefficient (Wildman–Crippen LogP) is 4.33. The average Bonchev–Trinajstić information content (AvgIpc) is 2.64. The molecule has 2 aromatic carbocycles. The van der Waals surface area contributed by atoms with Crippen LogP contribution >= 0.6 is 0 Å². The number of aromatic nitrogens is 2. The van der Waals surface area contributed by atoms with E-state index in [1.54, 1.807) is 6.20 Å². The third kappa shape index (κ3) is 4.29. The van der Waals surface area contributed by atoms with Gasteiger partial charge in [0.1, 0.15) is 0 Å². The topological polar surface area (TPSA) is 54.9 Å². The molecule has 3 rings (SSSR count). The van der Waals surface area contributed by atoms with Gasteiger partial charge < -0.3 is 5.32 Å². The molecular formula is C21H21N3O. The summed E-state index contributed by atoms with van der Waals surface area (Å²) in [5.74, 6) is 0.360. The number of rotatable bonds is 5. The van der Waals surface area contributed by atoms with Gasteiger partial charge in [-0.1, -0.05) is 74.5 Å². The average molecular weight is 331 g/mol. The van der Waals surface area contributed by atoms with E-state index in [0.29, 0.717) is 12.2 Å². The van der Waals surface area contributed by atoms with E-state index in [1.165, 1.54) is 0 Å². The first-order chi connectivity index (χ1) is 12.1. The summed E-state index contributed by atoms with van der Waals surface area (Å²) in [5.41, 5.74) is 3.70. The highest BCUT2D eigenvalue weighted by molar-refractivity contribution is 5.91. The minimum Gasteiger partial charge on any atom is -0.309 e. The number of nitrogens with one attached hydrogen (secondary N) is 1. The van der Waals surface area contributed by atoms with Crippen LogP contribution < -0.4 is 5.32 Å². The summed E-state index contributed by atoms with van der Waals surface area (Å²) in [7, 11) is 0. The Bertz CT molecular complexity index is 846. The quantitative estimate of drug-likeness (QED) is 0.757. The minimum atomic E-state index is -0.111. The van der Waals surface area contributed by atoms with Crippen LogP contribution in [0.2, 0.25) is 0 Å². The molecule has 0 bridgehead atoms. The largest absolute Gasteiger partial charge is 0.309 e. The van der Waals surface area contributed by atoms with Crippen molar-refractivity contribution in [2.45, 2.75) is 20.3 Å². The Morgan fingerprint density at radius 3 is 2.28 bits per heavy atom. The second-order valence-electron chi connectivity index (χ2n) is 6.22. The van der Waals surface area contributed by atoms with Gasteiger partial charge in [-0.3, -0.25) is 4.79 Å². The second kappa shape index (κ2) is 7.71. The molecule has 0 saturated heterocycles. The van der Waals surface area contributed by atoms with Gasteiger partial charge in [0.25, 0.3) is 0 Å². The fourth-order valence-electron chi connectivity index (χ4n) is 2.45. The summed E-state index contributed by atoms with van der Waals surface area (Å²) in [6, 6.07) is 20.0. The molecule has 126 valence electrons. The summed E-state index contributed by atoms with van der Waals surface area (Å²) in [4.78, 5) is 21.3. The van der Waals surface area contributed by atoms with Crippen molar-refractivity contribution in [3.8, 4) is 11.3 Å². The Morgan fingerprint density at radius 2 is 1.64 bits per heavy atom. The van der Waals surface area contributed by atoms with Gasteiger partial charge in [-0.25, -0.2) is 9.97 Å². The lowest BCUT2D eigenvalue weighted by Gasteiger charge is -2.13. The lowest BCUT2D eigenvalue weighted by molar-refractivity contribution is -0.118. The zero-order chi connectivity index (χ0) is 17.6. The number of amides is 1. The first-order valence-corrected chi connectivity index (χ1v) is 8.39. The first-order valence-electron chi connectivity index (χ1n) is 8.39. The van der Waals surface area contributed by atoms with Crippen molar-refractivity contribution in [3.05, 3.63) is 78.1 Å². The van der Waals surface area contributed by atoms with Crippen LogP contribution in [0.25, 0.3) is 11.3 Å². The van der Waals surface area contributed by atoms with Crippen LogP contribution in [-0.2, 0) is 11.2 Å². The van der Waals surface area contributed by atoms with Gasteiger partial charge in [0.2, 0.25) is 5.91 Å². The molecular weight excluding hydrogens is 310 g/mol. The maximum Gasteiger partial charge on any atom is 0.228 e. The van der Waals surface area contributed by atoms with Gasteiger partial charge in [0, 0.05) is 17.9 Å². The number of carbonyl (C=O) groups excluding carboxylic acids is 1. The lowest BCUT2D eigenvalue weighted by Crippen LogP contribution is -2.20. The van der Waals surface area contributed by atoms with E-state index in [4.69, 9.17) is 4.98 Å². The summed E-state index contributed by atoms with van der Waals surface area (Å²) in [6.07, 6.45) is 2.32. The molecule has 1 aromatic heterocycles. The van der Waals surface area contributed by atoms with Gasteiger partial charge in [-0.05, 0) is 5.56 Å². The molecule has 0 aliphatic carbocycles. The van der Waals surface area contributed by atoms with Crippen molar-refractivity contribution in [1.29, 1.82) is 0 Å². The molecule has 0 atom stereocenters. The first kappa shape index (κ1) is 16.8. The molecule has 0 unspecified atom stereocenters. The van der Waals surface area contributed by atoms with Gasteiger partial charge >= 0.3 is 0 Å². The molecule has 4 heteroatoms. The zero-order valence-corrected chi connectivity index (χ0v) is 14.4. The molecule has 1 heterocycles. The Kier molecular flexibility index (Phi) is 5.19. The predicted molar refractivity (Wildman–Crippen MR) is 100 cm³/mol. The molecule has 0 radical (unpaired) electrons. The molecule has 3 aromatic rings. The van der Waals surface area contributed by atoms with Crippen molar-refractivity contribution in [2.75, 3.05) is 5.32 Å². The maximum atomic E-state index is 12.1. The van der Waals surface area contributed by atoms with Crippen LogP contribution in [0.4, 0.5) is 5.82 Å². The molecule has 25 heavy (non-hydrogen) atoms. The third-order valence-electron chi connectivity index (χ3n) is 3.89. The Labute approximate surface area is 148 Å². The molecule has 0 spiro atoms. The number of anilines is 1. The molecule has 0 aliphatic heterocycles. The van der Waals surface area contributed by atoms with Gasteiger partial charge in [0.15, 0.2) is 5.82 Å². The van der Waals surface area contributed by atoms with Gasteiger partial charge in [-0.2, -0.15) is 0 Å².